The molecule has 10 nitrogen and oxygen atoms in total. The molecule has 1 amide bonds. The van der Waals surface area contributed by atoms with Crippen LogP contribution in [-0.4, -0.2) is 42.5 Å². The lowest BCUT2D eigenvalue weighted by atomic mass is 10.1. The Morgan fingerprint density at radius 3 is 2.76 bits per heavy atom. The molecule has 0 atom stereocenters. The molecule has 0 bridgehead atoms. The highest BCUT2D eigenvalue weighted by Crippen LogP contribution is 2.09. The first-order chi connectivity index (χ1) is 12.2. The van der Waals surface area contributed by atoms with Gasteiger partial charge in [-0.05, 0) is 22.6 Å². The molecule has 3 N–H and O–H groups in total. The number of H-pyrrole nitrogens is 1. The summed E-state index contributed by atoms with van der Waals surface area (Å²) in [6.45, 7) is 0.0486. The van der Waals surface area contributed by atoms with Crippen molar-refractivity contribution in [3.63, 3.8) is 0 Å². The number of aromatic amines is 1. The maximum atomic E-state index is 10.6. The van der Waals surface area contributed by atoms with Crippen molar-refractivity contribution in [2.75, 3.05) is 5.32 Å². The van der Waals surface area contributed by atoms with Crippen LogP contribution in [0.5, 0.6) is 0 Å². The molecule has 3 rings (SSSR count). The maximum absolute atomic E-state index is 10.6. The molecule has 2 aromatic heterocycles. The van der Waals surface area contributed by atoms with E-state index in [4.69, 9.17) is 9.94 Å². The highest BCUT2D eigenvalue weighted by molar-refractivity contribution is 6.10. The summed E-state index contributed by atoms with van der Waals surface area (Å²) < 4.78 is 0. The van der Waals surface area contributed by atoms with Gasteiger partial charge in [-0.3, -0.25) is 5.32 Å². The molecule has 10 heteroatoms. The Morgan fingerprint density at radius 1 is 1.20 bits per heavy atom. The molecule has 0 saturated heterocycles. The van der Waals surface area contributed by atoms with Gasteiger partial charge in [-0.15, -0.1) is 5.10 Å². The molecule has 0 unspecified atom stereocenters. The molecule has 3 aromatic rings. The summed E-state index contributed by atoms with van der Waals surface area (Å²) in [7, 11) is 0. The van der Waals surface area contributed by atoms with Crippen LogP contribution in [-0.2, 0) is 11.4 Å². The van der Waals surface area contributed by atoms with E-state index in [9.17, 15) is 4.79 Å². The van der Waals surface area contributed by atoms with Gasteiger partial charge in [-0.1, -0.05) is 41.6 Å². The molecule has 0 spiro atoms. The van der Waals surface area contributed by atoms with Gasteiger partial charge in [0.15, 0.2) is 12.3 Å². The minimum atomic E-state index is -1.19. The molecule has 126 valence electrons. The smallest absolute Gasteiger partial charge is 0.410 e. The third-order valence-corrected chi connectivity index (χ3v) is 3.03. The number of nitrogens with one attached hydrogen (secondary N) is 2. The third kappa shape index (κ3) is 4.34. The van der Waals surface area contributed by atoms with E-state index in [1.807, 2.05) is 30.3 Å². The lowest BCUT2D eigenvalue weighted by Crippen LogP contribution is -2.10. The first-order valence-corrected chi connectivity index (χ1v) is 7.18. The van der Waals surface area contributed by atoms with Crippen LogP contribution >= 0.6 is 0 Å². The van der Waals surface area contributed by atoms with E-state index >= 15 is 0 Å². The van der Waals surface area contributed by atoms with Crippen LogP contribution in [0.1, 0.15) is 17.1 Å². The van der Waals surface area contributed by atoms with Crippen molar-refractivity contribution in [2.24, 2.45) is 5.16 Å². The standard InChI is InChI=1S/C15H13N7O3/c23-15(24)17-12-8-4-7-11(16-12)9-25-20-13(14-18-21-22-19-14)10-5-2-1-3-6-10/h1-8H,9H2,(H,16,17)(H,23,24)(H,18,19,21,22). The van der Waals surface area contributed by atoms with Gasteiger partial charge in [0.25, 0.3) is 0 Å². The lowest BCUT2D eigenvalue weighted by Gasteiger charge is -2.05. The van der Waals surface area contributed by atoms with Gasteiger partial charge in [0.1, 0.15) is 5.82 Å². The predicted octanol–water partition coefficient (Wildman–Crippen LogP) is 1.65. The summed E-state index contributed by atoms with van der Waals surface area (Å²) >= 11 is 0. The normalized spacial score (nSPS) is 11.1. The lowest BCUT2D eigenvalue weighted by molar-refractivity contribution is 0.128. The largest absolute Gasteiger partial charge is 0.465 e. The Labute approximate surface area is 141 Å². The second-order valence-electron chi connectivity index (χ2n) is 4.77. The van der Waals surface area contributed by atoms with Crippen LogP contribution in [0, 0.1) is 0 Å². The van der Waals surface area contributed by atoms with E-state index in [2.05, 4.69) is 36.1 Å². The van der Waals surface area contributed by atoms with Gasteiger partial charge < -0.3 is 9.94 Å². The zero-order chi connectivity index (χ0) is 17.5. The highest BCUT2D eigenvalue weighted by atomic mass is 16.6. The van der Waals surface area contributed by atoms with Crippen molar-refractivity contribution in [3.8, 4) is 0 Å². The van der Waals surface area contributed by atoms with Gasteiger partial charge in [-0.25, -0.2) is 14.9 Å². The molecular formula is C15H13N7O3. The van der Waals surface area contributed by atoms with Gasteiger partial charge >= 0.3 is 6.09 Å². The second kappa shape index (κ2) is 7.64. The summed E-state index contributed by atoms with van der Waals surface area (Å²) in [5.41, 5.74) is 1.72. The van der Waals surface area contributed by atoms with Crippen LogP contribution in [0.2, 0.25) is 0 Å². The summed E-state index contributed by atoms with van der Waals surface area (Å²) in [6, 6.07) is 14.2. The number of carboxylic acid groups (broad SMARTS) is 1. The number of pyridine rings is 1. The summed E-state index contributed by atoms with van der Waals surface area (Å²) in [6.07, 6.45) is -1.19. The number of benzene rings is 1. The number of amides is 1. The van der Waals surface area contributed by atoms with E-state index in [-0.39, 0.29) is 12.4 Å². The summed E-state index contributed by atoms with van der Waals surface area (Å²) in [5, 5.41) is 28.5. The van der Waals surface area contributed by atoms with Crippen LogP contribution in [0.3, 0.4) is 0 Å². The minimum Gasteiger partial charge on any atom is -0.465 e. The Hall–Kier alpha value is -3.82. The quantitative estimate of drug-likeness (QED) is 0.458. The van der Waals surface area contributed by atoms with E-state index < -0.39 is 6.09 Å². The highest BCUT2D eigenvalue weighted by Gasteiger charge is 2.12. The molecule has 0 fully saturated rings. The zero-order valence-corrected chi connectivity index (χ0v) is 12.8. The molecule has 0 aliphatic heterocycles. The van der Waals surface area contributed by atoms with Crippen molar-refractivity contribution < 1.29 is 14.7 Å². The Balaban J connectivity index is 1.75. The SMILES string of the molecule is O=C(O)Nc1cccc(CON=C(c2ccccc2)c2nnn[nH]2)n1. The van der Waals surface area contributed by atoms with Crippen LogP contribution in [0.15, 0.2) is 53.7 Å². The number of hydrogen-bond donors (Lipinski definition) is 3. The Bertz CT molecular complexity index is 866. The van der Waals surface area contributed by atoms with Crippen molar-refractivity contribution in [1.82, 2.24) is 25.6 Å². The van der Waals surface area contributed by atoms with Gasteiger partial charge in [-0.2, -0.15) is 0 Å². The molecule has 0 radical (unpaired) electrons. The zero-order valence-electron chi connectivity index (χ0n) is 12.8. The fourth-order valence-electron chi connectivity index (χ4n) is 1.99. The fourth-order valence-corrected chi connectivity index (χ4v) is 1.99. The second-order valence-corrected chi connectivity index (χ2v) is 4.77. The number of hydrogen-bond acceptors (Lipinski definition) is 7. The Kier molecular flexibility index (Phi) is 4.90. The van der Waals surface area contributed by atoms with Gasteiger partial charge in [0.2, 0.25) is 5.82 Å². The van der Waals surface area contributed by atoms with Crippen molar-refractivity contribution in [1.29, 1.82) is 0 Å². The van der Waals surface area contributed by atoms with Crippen LogP contribution in [0.4, 0.5) is 10.6 Å². The predicted molar refractivity (Wildman–Crippen MR) is 86.9 cm³/mol. The van der Waals surface area contributed by atoms with E-state index in [1.165, 1.54) is 6.07 Å². The van der Waals surface area contributed by atoms with Crippen LogP contribution < -0.4 is 5.32 Å². The van der Waals surface area contributed by atoms with Crippen molar-refractivity contribution in [2.45, 2.75) is 6.61 Å². The van der Waals surface area contributed by atoms with E-state index in [0.29, 0.717) is 17.2 Å². The number of nitrogens with zero attached hydrogens (tertiary/aromatic N) is 5. The average molecular weight is 339 g/mol. The first kappa shape index (κ1) is 16.1. The van der Waals surface area contributed by atoms with E-state index in [0.717, 1.165) is 5.56 Å². The molecule has 2 heterocycles. The number of rotatable bonds is 6. The number of aromatic nitrogens is 5. The molecule has 25 heavy (non-hydrogen) atoms. The van der Waals surface area contributed by atoms with Gasteiger partial charge in [0, 0.05) is 5.56 Å². The molecule has 0 aliphatic rings. The fraction of sp³-hybridized carbons (Fsp3) is 0.0667. The van der Waals surface area contributed by atoms with Crippen molar-refractivity contribution in [3.05, 3.63) is 65.6 Å². The number of carbonyl (C=O) groups is 1. The average Bonchev–Trinajstić information content (AvgIpc) is 3.13. The van der Waals surface area contributed by atoms with Gasteiger partial charge in [0.05, 0.1) is 5.69 Å². The molecule has 0 aliphatic carbocycles. The number of anilines is 1. The van der Waals surface area contributed by atoms with Crippen molar-refractivity contribution >= 4 is 17.6 Å². The Morgan fingerprint density at radius 2 is 2.04 bits per heavy atom. The molecule has 1 aromatic carbocycles. The third-order valence-electron chi connectivity index (χ3n) is 3.03. The minimum absolute atomic E-state index is 0.0486. The molecule has 0 saturated carbocycles. The first-order valence-electron chi connectivity index (χ1n) is 7.18. The van der Waals surface area contributed by atoms with Crippen LogP contribution in [0.25, 0.3) is 0 Å². The van der Waals surface area contributed by atoms with E-state index in [1.54, 1.807) is 12.1 Å². The molecular weight excluding hydrogens is 326 g/mol. The topological polar surface area (TPSA) is 138 Å². The summed E-state index contributed by atoms with van der Waals surface area (Å²) in [4.78, 5) is 20.1. The monoisotopic (exact) mass is 339 g/mol. The maximum Gasteiger partial charge on any atom is 0.410 e. The number of tetrazole rings is 1. The summed E-state index contributed by atoms with van der Waals surface area (Å²) in [5.74, 6) is 0.570. The number of oxime groups is 1.